The van der Waals surface area contributed by atoms with Crippen LogP contribution >= 0.6 is 0 Å². The summed E-state index contributed by atoms with van der Waals surface area (Å²) in [6.07, 6.45) is 0. The van der Waals surface area contributed by atoms with Crippen LogP contribution in [-0.4, -0.2) is 33.4 Å². The fraction of sp³-hybridized carbons (Fsp3) is 0.389. The minimum absolute atomic E-state index is 0.0753. The number of anilines is 1. The number of benzene rings is 1. The molecule has 0 unspecified atom stereocenters. The molecule has 0 spiro atoms. The molecule has 0 aliphatic heterocycles. The van der Waals surface area contributed by atoms with E-state index in [1.165, 1.54) is 0 Å². The number of hydrogen-bond donors (Lipinski definition) is 1. The molecule has 122 valence electrons. The molecule has 0 saturated carbocycles. The van der Waals surface area contributed by atoms with Crippen molar-refractivity contribution in [3.05, 3.63) is 53.3 Å². The molecule has 1 amide bonds. The van der Waals surface area contributed by atoms with Crippen LogP contribution in [0.2, 0.25) is 0 Å². The Morgan fingerprint density at radius 3 is 2.52 bits per heavy atom. The van der Waals surface area contributed by atoms with Gasteiger partial charge in [-0.05, 0) is 39.3 Å². The van der Waals surface area contributed by atoms with Crippen LogP contribution in [0.5, 0.6) is 0 Å². The van der Waals surface area contributed by atoms with Gasteiger partial charge in [0.2, 0.25) is 5.95 Å². The SMILES string of the molecule is CCN(Cc1ccccc1)C(=O)c1cc(C)nc(NC(C)C)n1. The van der Waals surface area contributed by atoms with Gasteiger partial charge in [-0.3, -0.25) is 4.79 Å². The van der Waals surface area contributed by atoms with E-state index in [2.05, 4.69) is 15.3 Å². The maximum atomic E-state index is 12.8. The second-order valence-corrected chi connectivity index (χ2v) is 5.82. The fourth-order valence-electron chi connectivity index (χ4n) is 2.29. The van der Waals surface area contributed by atoms with Crippen molar-refractivity contribution >= 4 is 11.9 Å². The Kier molecular flexibility index (Phi) is 5.68. The van der Waals surface area contributed by atoms with E-state index in [4.69, 9.17) is 0 Å². The molecule has 0 radical (unpaired) electrons. The standard InChI is InChI=1S/C18H24N4O/c1-5-22(12-15-9-7-6-8-10-15)17(23)16-11-14(4)20-18(21-16)19-13(2)3/h6-11,13H,5,12H2,1-4H3,(H,19,20,21). The van der Waals surface area contributed by atoms with Crippen LogP contribution < -0.4 is 5.32 Å². The van der Waals surface area contributed by atoms with Crippen LogP contribution in [-0.2, 0) is 6.54 Å². The molecule has 0 bridgehead atoms. The van der Waals surface area contributed by atoms with Crippen LogP contribution in [0.4, 0.5) is 5.95 Å². The van der Waals surface area contributed by atoms with Gasteiger partial charge in [0.05, 0.1) is 0 Å². The molecule has 2 aromatic rings. The molecule has 0 saturated heterocycles. The zero-order valence-electron chi connectivity index (χ0n) is 14.2. The van der Waals surface area contributed by atoms with Gasteiger partial charge < -0.3 is 10.2 Å². The first kappa shape index (κ1) is 16.9. The summed E-state index contributed by atoms with van der Waals surface area (Å²) >= 11 is 0. The Balaban J connectivity index is 2.21. The number of amides is 1. The highest BCUT2D eigenvalue weighted by atomic mass is 16.2. The monoisotopic (exact) mass is 312 g/mol. The molecule has 5 heteroatoms. The van der Waals surface area contributed by atoms with Crippen LogP contribution in [0, 0.1) is 6.92 Å². The zero-order valence-corrected chi connectivity index (χ0v) is 14.2. The first-order valence-corrected chi connectivity index (χ1v) is 7.95. The lowest BCUT2D eigenvalue weighted by atomic mass is 10.2. The van der Waals surface area contributed by atoms with Gasteiger partial charge in [-0.25, -0.2) is 9.97 Å². The van der Waals surface area contributed by atoms with Crippen LogP contribution in [0.15, 0.2) is 36.4 Å². The van der Waals surface area contributed by atoms with Gasteiger partial charge in [-0.1, -0.05) is 30.3 Å². The second kappa shape index (κ2) is 7.72. The number of aromatic nitrogens is 2. The summed E-state index contributed by atoms with van der Waals surface area (Å²) in [6.45, 7) is 9.08. The third-order valence-electron chi connectivity index (χ3n) is 3.38. The average Bonchev–Trinajstić information content (AvgIpc) is 2.51. The Labute approximate surface area is 137 Å². The van der Waals surface area contributed by atoms with Crippen LogP contribution in [0.1, 0.15) is 42.5 Å². The summed E-state index contributed by atoms with van der Waals surface area (Å²) in [4.78, 5) is 23.3. The molecule has 1 N–H and O–H groups in total. The third-order valence-corrected chi connectivity index (χ3v) is 3.38. The number of carbonyl (C=O) groups excluding carboxylic acids is 1. The first-order chi connectivity index (χ1) is 11.0. The number of rotatable bonds is 6. The normalized spacial score (nSPS) is 10.7. The van der Waals surface area contributed by atoms with Crippen molar-refractivity contribution in [1.29, 1.82) is 0 Å². The predicted molar refractivity (Wildman–Crippen MR) is 92.4 cm³/mol. The lowest BCUT2D eigenvalue weighted by molar-refractivity contribution is 0.0746. The summed E-state index contributed by atoms with van der Waals surface area (Å²) in [5, 5.41) is 3.15. The van der Waals surface area contributed by atoms with E-state index >= 15 is 0 Å². The number of carbonyl (C=O) groups is 1. The Hall–Kier alpha value is -2.43. The Morgan fingerprint density at radius 1 is 1.22 bits per heavy atom. The van der Waals surface area contributed by atoms with E-state index < -0.39 is 0 Å². The van der Waals surface area contributed by atoms with Gasteiger partial charge in [-0.15, -0.1) is 0 Å². The highest BCUT2D eigenvalue weighted by Crippen LogP contribution is 2.12. The van der Waals surface area contributed by atoms with Crippen molar-refractivity contribution in [2.24, 2.45) is 0 Å². The van der Waals surface area contributed by atoms with E-state index in [1.54, 1.807) is 11.0 Å². The molecular formula is C18H24N4O. The van der Waals surface area contributed by atoms with E-state index in [0.717, 1.165) is 11.3 Å². The number of hydrogen-bond acceptors (Lipinski definition) is 4. The third kappa shape index (κ3) is 4.77. The molecule has 1 heterocycles. The summed E-state index contributed by atoms with van der Waals surface area (Å²) in [7, 11) is 0. The van der Waals surface area contributed by atoms with Crippen molar-refractivity contribution in [3.63, 3.8) is 0 Å². The van der Waals surface area contributed by atoms with Crippen LogP contribution in [0.25, 0.3) is 0 Å². The molecule has 5 nitrogen and oxygen atoms in total. The van der Waals surface area contributed by atoms with Gasteiger partial charge >= 0.3 is 0 Å². The van der Waals surface area contributed by atoms with E-state index in [0.29, 0.717) is 24.7 Å². The molecule has 0 atom stereocenters. The van der Waals surface area contributed by atoms with Crippen molar-refractivity contribution in [2.45, 2.75) is 40.3 Å². The van der Waals surface area contributed by atoms with Crippen LogP contribution in [0.3, 0.4) is 0 Å². The van der Waals surface area contributed by atoms with E-state index in [9.17, 15) is 4.79 Å². The highest BCUT2D eigenvalue weighted by Gasteiger charge is 2.17. The van der Waals surface area contributed by atoms with Crippen molar-refractivity contribution in [3.8, 4) is 0 Å². The molecule has 0 fully saturated rings. The zero-order chi connectivity index (χ0) is 16.8. The summed E-state index contributed by atoms with van der Waals surface area (Å²) in [6, 6.07) is 11.9. The maximum absolute atomic E-state index is 12.8. The van der Waals surface area contributed by atoms with Crippen molar-refractivity contribution in [2.75, 3.05) is 11.9 Å². The lowest BCUT2D eigenvalue weighted by Crippen LogP contribution is -2.31. The Morgan fingerprint density at radius 2 is 1.91 bits per heavy atom. The van der Waals surface area contributed by atoms with Gasteiger partial charge in [0.1, 0.15) is 5.69 Å². The molecule has 1 aromatic carbocycles. The smallest absolute Gasteiger partial charge is 0.272 e. The number of nitrogens with zero attached hydrogens (tertiary/aromatic N) is 3. The topological polar surface area (TPSA) is 58.1 Å². The molecular weight excluding hydrogens is 288 g/mol. The molecule has 0 aliphatic carbocycles. The minimum Gasteiger partial charge on any atom is -0.352 e. The van der Waals surface area contributed by atoms with E-state index in [1.807, 2.05) is 58.0 Å². The van der Waals surface area contributed by atoms with Gasteiger partial charge in [0.15, 0.2) is 0 Å². The van der Waals surface area contributed by atoms with Gasteiger partial charge in [0, 0.05) is 24.8 Å². The quantitative estimate of drug-likeness (QED) is 0.889. The average molecular weight is 312 g/mol. The highest BCUT2D eigenvalue weighted by molar-refractivity contribution is 5.92. The summed E-state index contributed by atoms with van der Waals surface area (Å²) in [5.74, 6) is 0.424. The second-order valence-electron chi connectivity index (χ2n) is 5.82. The Bertz CT molecular complexity index is 655. The van der Waals surface area contributed by atoms with Gasteiger partial charge in [0.25, 0.3) is 5.91 Å². The number of aryl methyl sites for hydroxylation is 1. The minimum atomic E-state index is -0.0753. The predicted octanol–water partition coefficient (Wildman–Crippen LogP) is 3.27. The van der Waals surface area contributed by atoms with E-state index in [-0.39, 0.29) is 11.9 Å². The van der Waals surface area contributed by atoms with Crippen molar-refractivity contribution in [1.82, 2.24) is 14.9 Å². The van der Waals surface area contributed by atoms with Crippen molar-refractivity contribution < 1.29 is 4.79 Å². The largest absolute Gasteiger partial charge is 0.352 e. The lowest BCUT2D eigenvalue weighted by Gasteiger charge is -2.21. The molecule has 1 aromatic heterocycles. The van der Waals surface area contributed by atoms with Gasteiger partial charge in [-0.2, -0.15) is 0 Å². The first-order valence-electron chi connectivity index (χ1n) is 7.95. The molecule has 23 heavy (non-hydrogen) atoms. The number of nitrogens with one attached hydrogen (secondary N) is 1. The molecule has 0 aliphatic rings. The summed E-state index contributed by atoms with van der Waals surface area (Å²) < 4.78 is 0. The maximum Gasteiger partial charge on any atom is 0.272 e. The fourth-order valence-corrected chi connectivity index (χ4v) is 2.29. The molecule has 2 rings (SSSR count). The summed E-state index contributed by atoms with van der Waals surface area (Å²) in [5.41, 5.74) is 2.31.